The first-order valence-corrected chi connectivity index (χ1v) is 11.5. The predicted octanol–water partition coefficient (Wildman–Crippen LogP) is 6.39. The average Bonchev–Trinajstić information content (AvgIpc) is 2.53. The van der Waals surface area contributed by atoms with Gasteiger partial charge in [-0.2, -0.15) is 0 Å². The van der Waals surface area contributed by atoms with Gasteiger partial charge in [0.2, 0.25) is 0 Å². The van der Waals surface area contributed by atoms with E-state index in [9.17, 15) is 0 Å². The Morgan fingerprint density at radius 3 is 2.12 bits per heavy atom. The zero-order chi connectivity index (χ0) is 17.7. The Morgan fingerprint density at radius 2 is 1.50 bits per heavy atom. The summed E-state index contributed by atoms with van der Waals surface area (Å²) in [5.74, 6) is 3.54. The van der Waals surface area contributed by atoms with Crippen LogP contribution in [0.4, 0.5) is 0 Å². The summed E-state index contributed by atoms with van der Waals surface area (Å²) in [5, 5.41) is 1.21. The van der Waals surface area contributed by atoms with Crippen LogP contribution in [0.25, 0.3) is 10.9 Å². The third-order valence-electron chi connectivity index (χ3n) is 5.33. The van der Waals surface area contributed by atoms with Crippen LogP contribution in [0.3, 0.4) is 0 Å². The number of hydrogen-bond acceptors (Lipinski definition) is 1. The molecule has 1 nitrogen and oxygen atoms in total. The second-order valence-electron chi connectivity index (χ2n) is 7.69. The lowest BCUT2D eigenvalue weighted by molar-refractivity contribution is 0.838. The first-order chi connectivity index (χ1) is 11.4. The highest BCUT2D eigenvalue weighted by molar-refractivity contribution is 6.90. The summed E-state index contributed by atoms with van der Waals surface area (Å²) in [5.41, 5.74) is 8.12. The summed E-state index contributed by atoms with van der Waals surface area (Å²) in [6, 6.07) is 12.6. The smallest absolute Gasteiger partial charge is 0.145 e. The standard InChI is InChI=1S/C22H31NSi/c1-17(2)24(18(3)4,19(5)6)16-10-9-12-21-15-14-20-11-7-8-13-22(20)23-21/h7-8,11,13-15,17-19H,9,12H2,1-6H3. The number of hydrogen-bond donors (Lipinski definition) is 0. The molecule has 24 heavy (non-hydrogen) atoms. The van der Waals surface area contributed by atoms with Crippen LogP contribution in [0, 0.1) is 11.5 Å². The summed E-state index contributed by atoms with van der Waals surface area (Å²) in [4.78, 5) is 4.76. The van der Waals surface area contributed by atoms with Crippen LogP contribution in [0.5, 0.6) is 0 Å². The molecule has 128 valence electrons. The molecule has 2 heteroatoms. The molecule has 0 spiro atoms. The quantitative estimate of drug-likeness (QED) is 0.455. The van der Waals surface area contributed by atoms with Gasteiger partial charge in [-0.25, -0.2) is 0 Å². The molecule has 0 aliphatic heterocycles. The third kappa shape index (κ3) is 3.90. The lowest BCUT2D eigenvalue weighted by Crippen LogP contribution is -2.43. The number of aryl methyl sites for hydroxylation is 1. The van der Waals surface area contributed by atoms with Crippen molar-refractivity contribution in [2.24, 2.45) is 0 Å². The van der Waals surface area contributed by atoms with Crippen molar-refractivity contribution in [1.29, 1.82) is 0 Å². The maximum absolute atomic E-state index is 4.76. The zero-order valence-corrected chi connectivity index (χ0v) is 17.1. The average molecular weight is 338 g/mol. The monoisotopic (exact) mass is 337 g/mol. The molecule has 0 atom stereocenters. The Hall–Kier alpha value is -1.59. The van der Waals surface area contributed by atoms with E-state index in [-0.39, 0.29) is 0 Å². The van der Waals surface area contributed by atoms with E-state index in [1.807, 2.05) is 6.07 Å². The van der Waals surface area contributed by atoms with E-state index in [0.29, 0.717) is 16.6 Å². The molecular weight excluding hydrogens is 306 g/mol. The fourth-order valence-corrected chi connectivity index (χ4v) is 9.38. The van der Waals surface area contributed by atoms with Gasteiger partial charge in [-0.3, -0.25) is 4.98 Å². The summed E-state index contributed by atoms with van der Waals surface area (Å²) in [6.07, 6.45) is 1.85. The molecule has 0 radical (unpaired) electrons. The van der Waals surface area contributed by atoms with Gasteiger partial charge in [0.1, 0.15) is 8.07 Å². The first-order valence-electron chi connectivity index (χ1n) is 9.22. The zero-order valence-electron chi connectivity index (χ0n) is 16.1. The fourth-order valence-electron chi connectivity index (χ4n) is 4.09. The van der Waals surface area contributed by atoms with Crippen LogP contribution >= 0.6 is 0 Å². The maximum Gasteiger partial charge on any atom is 0.145 e. The number of fused-ring (bicyclic) bond motifs is 1. The highest BCUT2D eigenvalue weighted by Gasteiger charge is 2.41. The van der Waals surface area contributed by atoms with Crippen molar-refractivity contribution >= 4 is 19.0 Å². The van der Waals surface area contributed by atoms with Gasteiger partial charge < -0.3 is 0 Å². The van der Waals surface area contributed by atoms with Gasteiger partial charge in [-0.1, -0.05) is 65.8 Å². The topological polar surface area (TPSA) is 12.9 Å². The van der Waals surface area contributed by atoms with Gasteiger partial charge >= 0.3 is 0 Å². The highest BCUT2D eigenvalue weighted by atomic mass is 28.3. The number of rotatable bonds is 5. The van der Waals surface area contributed by atoms with Crippen molar-refractivity contribution in [2.75, 3.05) is 0 Å². The lowest BCUT2D eigenvalue weighted by Gasteiger charge is -2.38. The molecular formula is C22H31NSi. The first kappa shape index (κ1) is 18.7. The number of pyridine rings is 1. The number of benzene rings is 1. The lowest BCUT2D eigenvalue weighted by atomic mass is 10.1. The molecule has 0 fully saturated rings. The summed E-state index contributed by atoms with van der Waals surface area (Å²) < 4.78 is 0. The van der Waals surface area contributed by atoms with Crippen LogP contribution in [0.15, 0.2) is 36.4 Å². The molecule has 1 heterocycles. The predicted molar refractivity (Wildman–Crippen MR) is 109 cm³/mol. The van der Waals surface area contributed by atoms with E-state index < -0.39 is 8.07 Å². The van der Waals surface area contributed by atoms with E-state index in [0.717, 1.165) is 24.1 Å². The van der Waals surface area contributed by atoms with Crippen molar-refractivity contribution in [3.63, 3.8) is 0 Å². The van der Waals surface area contributed by atoms with Gasteiger partial charge in [-0.15, -0.1) is 11.5 Å². The maximum atomic E-state index is 4.76. The summed E-state index contributed by atoms with van der Waals surface area (Å²) >= 11 is 0. The van der Waals surface area contributed by atoms with E-state index in [1.54, 1.807) is 0 Å². The molecule has 2 aromatic rings. The van der Waals surface area contributed by atoms with Crippen molar-refractivity contribution in [2.45, 2.75) is 71.0 Å². The Labute approximate surface area is 148 Å². The molecule has 0 bridgehead atoms. The Bertz CT molecular complexity index is 712. The van der Waals surface area contributed by atoms with Crippen LogP contribution in [-0.4, -0.2) is 13.1 Å². The van der Waals surface area contributed by atoms with Gasteiger partial charge in [0, 0.05) is 23.9 Å². The molecule has 0 N–H and O–H groups in total. The molecule has 0 aliphatic rings. The Kier molecular flexibility index (Phi) is 6.24. The number of aromatic nitrogens is 1. The van der Waals surface area contributed by atoms with Gasteiger partial charge in [0.25, 0.3) is 0 Å². The third-order valence-corrected chi connectivity index (χ3v) is 11.7. The summed E-state index contributed by atoms with van der Waals surface area (Å²) in [7, 11) is -1.59. The van der Waals surface area contributed by atoms with E-state index in [4.69, 9.17) is 4.98 Å². The van der Waals surface area contributed by atoms with Gasteiger partial charge in [0.05, 0.1) is 5.52 Å². The highest BCUT2D eigenvalue weighted by Crippen LogP contribution is 2.40. The van der Waals surface area contributed by atoms with Crippen molar-refractivity contribution in [3.8, 4) is 11.5 Å². The van der Waals surface area contributed by atoms with Crippen LogP contribution < -0.4 is 0 Å². The van der Waals surface area contributed by atoms with Crippen LogP contribution in [-0.2, 0) is 6.42 Å². The Balaban J connectivity index is 2.13. The molecule has 0 saturated heterocycles. The van der Waals surface area contributed by atoms with Crippen LogP contribution in [0.1, 0.15) is 53.7 Å². The second kappa shape index (κ2) is 7.99. The molecule has 0 amide bonds. The molecule has 0 saturated carbocycles. The largest absolute Gasteiger partial charge is 0.253 e. The van der Waals surface area contributed by atoms with Gasteiger partial charge in [-0.05, 0) is 28.8 Å². The second-order valence-corrected chi connectivity index (χ2v) is 13.3. The molecule has 2 rings (SSSR count). The van der Waals surface area contributed by atoms with Crippen LogP contribution in [0.2, 0.25) is 16.6 Å². The minimum atomic E-state index is -1.59. The molecule has 1 aromatic heterocycles. The number of nitrogens with zero attached hydrogens (tertiary/aromatic N) is 1. The minimum Gasteiger partial charge on any atom is -0.253 e. The molecule has 0 unspecified atom stereocenters. The SMILES string of the molecule is CC(C)[Si](C#CCCc1ccc2ccccc2n1)(C(C)C)C(C)C. The summed E-state index contributed by atoms with van der Waals surface area (Å²) in [6.45, 7) is 14.2. The minimum absolute atomic E-state index is 0.698. The fraction of sp³-hybridized carbons (Fsp3) is 0.500. The van der Waals surface area contributed by atoms with E-state index in [2.05, 4.69) is 83.3 Å². The number of para-hydroxylation sites is 1. The van der Waals surface area contributed by atoms with E-state index >= 15 is 0 Å². The molecule has 1 aromatic carbocycles. The molecule has 0 aliphatic carbocycles. The van der Waals surface area contributed by atoms with Crippen molar-refractivity contribution in [1.82, 2.24) is 4.98 Å². The van der Waals surface area contributed by atoms with Crippen molar-refractivity contribution in [3.05, 3.63) is 42.1 Å². The van der Waals surface area contributed by atoms with Gasteiger partial charge in [0.15, 0.2) is 0 Å². The van der Waals surface area contributed by atoms with Crippen molar-refractivity contribution < 1.29 is 0 Å². The normalized spacial score (nSPS) is 12.0. The Morgan fingerprint density at radius 1 is 0.875 bits per heavy atom. The van der Waals surface area contributed by atoms with E-state index in [1.165, 1.54) is 5.39 Å².